The standard InChI is InChI=1S/C26H35NO/c1-19(17-20-7-10-22(11-8-20)28-16-15-27-6)21-9-12-23-24(18-21)26(4,5)14-13-25(23,2)3/h7-12,17-18,27H,13-16H2,1-6H3. The molecule has 1 aliphatic rings. The molecule has 0 atom stereocenters. The molecule has 0 bridgehead atoms. The number of rotatable bonds is 6. The lowest BCUT2D eigenvalue weighted by atomic mass is 9.63. The maximum Gasteiger partial charge on any atom is 0.119 e. The predicted molar refractivity (Wildman–Crippen MR) is 121 cm³/mol. The highest BCUT2D eigenvalue weighted by Gasteiger charge is 2.36. The van der Waals surface area contributed by atoms with Gasteiger partial charge in [-0.05, 0) is 77.6 Å². The average Bonchev–Trinajstić information content (AvgIpc) is 2.67. The minimum absolute atomic E-state index is 0.244. The van der Waals surface area contributed by atoms with Crippen LogP contribution in [0.1, 0.15) is 69.7 Å². The molecule has 0 unspecified atom stereocenters. The lowest BCUT2D eigenvalue weighted by molar-refractivity contribution is 0.318. The molecule has 0 amide bonds. The van der Waals surface area contributed by atoms with E-state index in [9.17, 15) is 0 Å². The Morgan fingerprint density at radius 1 is 0.964 bits per heavy atom. The van der Waals surface area contributed by atoms with Crippen LogP contribution in [0.15, 0.2) is 42.5 Å². The first-order chi connectivity index (χ1) is 13.2. The van der Waals surface area contributed by atoms with E-state index in [2.05, 4.69) is 76.3 Å². The van der Waals surface area contributed by atoms with Gasteiger partial charge in [-0.2, -0.15) is 0 Å². The number of hydrogen-bond acceptors (Lipinski definition) is 2. The third-order valence-electron chi connectivity index (χ3n) is 6.19. The van der Waals surface area contributed by atoms with E-state index in [0.717, 1.165) is 12.3 Å². The number of benzene rings is 2. The van der Waals surface area contributed by atoms with Gasteiger partial charge in [0, 0.05) is 6.54 Å². The maximum absolute atomic E-state index is 5.71. The number of likely N-dealkylation sites (N-methyl/N-ethyl adjacent to an activating group) is 1. The van der Waals surface area contributed by atoms with Crippen LogP contribution in [0.5, 0.6) is 5.75 Å². The summed E-state index contributed by atoms with van der Waals surface area (Å²) >= 11 is 0. The Hall–Kier alpha value is -2.06. The number of nitrogens with one attached hydrogen (secondary N) is 1. The molecule has 2 aromatic rings. The lowest BCUT2D eigenvalue weighted by Gasteiger charge is -2.42. The maximum atomic E-state index is 5.71. The van der Waals surface area contributed by atoms with Crippen molar-refractivity contribution in [1.29, 1.82) is 0 Å². The quantitative estimate of drug-likeness (QED) is 0.478. The summed E-state index contributed by atoms with van der Waals surface area (Å²) < 4.78 is 5.71. The summed E-state index contributed by atoms with van der Waals surface area (Å²) in [5, 5.41) is 3.09. The van der Waals surface area contributed by atoms with E-state index in [0.29, 0.717) is 6.61 Å². The number of allylic oxidation sites excluding steroid dienone is 1. The molecule has 1 N–H and O–H groups in total. The van der Waals surface area contributed by atoms with E-state index in [-0.39, 0.29) is 10.8 Å². The summed E-state index contributed by atoms with van der Waals surface area (Å²) in [6.07, 6.45) is 4.76. The zero-order valence-electron chi connectivity index (χ0n) is 18.4. The molecular weight excluding hydrogens is 342 g/mol. The van der Waals surface area contributed by atoms with E-state index in [1.54, 1.807) is 0 Å². The highest BCUT2D eigenvalue weighted by Crippen LogP contribution is 2.46. The highest BCUT2D eigenvalue weighted by atomic mass is 16.5. The van der Waals surface area contributed by atoms with E-state index in [1.807, 2.05) is 19.2 Å². The van der Waals surface area contributed by atoms with Crippen molar-refractivity contribution in [3.8, 4) is 5.75 Å². The van der Waals surface area contributed by atoms with Crippen molar-refractivity contribution in [3.05, 3.63) is 64.7 Å². The van der Waals surface area contributed by atoms with Crippen molar-refractivity contribution in [3.63, 3.8) is 0 Å². The van der Waals surface area contributed by atoms with E-state index in [1.165, 1.54) is 40.7 Å². The predicted octanol–water partition coefficient (Wildman–Crippen LogP) is 6.19. The van der Waals surface area contributed by atoms with Gasteiger partial charge in [0.2, 0.25) is 0 Å². The molecule has 3 rings (SSSR count). The molecule has 1 aliphatic carbocycles. The fraction of sp³-hybridized carbons (Fsp3) is 0.462. The second kappa shape index (κ2) is 8.13. The van der Waals surface area contributed by atoms with E-state index >= 15 is 0 Å². The first-order valence-electron chi connectivity index (χ1n) is 10.4. The largest absolute Gasteiger partial charge is 0.492 e. The molecule has 0 aliphatic heterocycles. The molecule has 2 aromatic carbocycles. The number of fused-ring (bicyclic) bond motifs is 1. The van der Waals surface area contributed by atoms with Crippen LogP contribution in [0, 0.1) is 0 Å². The zero-order chi connectivity index (χ0) is 20.4. The van der Waals surface area contributed by atoms with Crippen molar-refractivity contribution in [1.82, 2.24) is 5.32 Å². The Balaban J connectivity index is 1.84. The minimum atomic E-state index is 0.244. The van der Waals surface area contributed by atoms with E-state index in [4.69, 9.17) is 4.74 Å². The van der Waals surface area contributed by atoms with Crippen LogP contribution in [0.25, 0.3) is 11.6 Å². The van der Waals surface area contributed by atoms with Gasteiger partial charge in [-0.1, -0.05) is 64.1 Å². The third-order valence-corrected chi connectivity index (χ3v) is 6.19. The summed E-state index contributed by atoms with van der Waals surface area (Å²) in [5.41, 5.74) is 7.36. The normalized spacial score (nSPS) is 17.9. The monoisotopic (exact) mass is 377 g/mol. The van der Waals surface area contributed by atoms with E-state index < -0.39 is 0 Å². The summed E-state index contributed by atoms with van der Waals surface area (Å²) in [7, 11) is 1.93. The molecule has 28 heavy (non-hydrogen) atoms. The van der Waals surface area contributed by atoms with Crippen LogP contribution in [-0.2, 0) is 10.8 Å². The van der Waals surface area contributed by atoms with Gasteiger partial charge >= 0.3 is 0 Å². The lowest BCUT2D eigenvalue weighted by Crippen LogP contribution is -2.33. The second-order valence-electron chi connectivity index (χ2n) is 9.38. The van der Waals surface area contributed by atoms with Gasteiger partial charge in [-0.25, -0.2) is 0 Å². The Labute approximate surface area is 171 Å². The topological polar surface area (TPSA) is 21.3 Å². The summed E-state index contributed by atoms with van der Waals surface area (Å²) in [4.78, 5) is 0. The van der Waals surface area contributed by atoms with Crippen molar-refractivity contribution in [2.75, 3.05) is 20.2 Å². The fourth-order valence-corrected chi connectivity index (χ4v) is 4.10. The van der Waals surface area contributed by atoms with Crippen molar-refractivity contribution in [2.45, 2.75) is 58.3 Å². The first-order valence-corrected chi connectivity index (χ1v) is 10.4. The molecule has 0 radical (unpaired) electrons. The summed E-state index contributed by atoms with van der Waals surface area (Å²) in [6, 6.07) is 15.4. The average molecular weight is 378 g/mol. The molecule has 0 saturated carbocycles. The first kappa shape index (κ1) is 20.7. The third kappa shape index (κ3) is 4.50. The highest BCUT2D eigenvalue weighted by molar-refractivity contribution is 5.80. The Morgan fingerprint density at radius 3 is 2.25 bits per heavy atom. The molecule has 0 spiro atoms. The molecule has 0 aromatic heterocycles. The minimum Gasteiger partial charge on any atom is -0.492 e. The van der Waals surface area contributed by atoms with Crippen molar-refractivity contribution >= 4 is 11.6 Å². The molecule has 2 heteroatoms. The zero-order valence-corrected chi connectivity index (χ0v) is 18.4. The smallest absolute Gasteiger partial charge is 0.119 e. The Bertz CT molecular complexity index is 843. The molecule has 150 valence electrons. The van der Waals surface area contributed by atoms with Crippen LogP contribution in [0.3, 0.4) is 0 Å². The van der Waals surface area contributed by atoms with Crippen LogP contribution >= 0.6 is 0 Å². The number of ether oxygens (including phenoxy) is 1. The van der Waals surface area contributed by atoms with Crippen molar-refractivity contribution in [2.24, 2.45) is 0 Å². The van der Waals surface area contributed by atoms with Gasteiger partial charge in [-0.3, -0.25) is 0 Å². The van der Waals surface area contributed by atoms with Crippen molar-refractivity contribution < 1.29 is 4.74 Å². The number of hydrogen-bond donors (Lipinski definition) is 1. The Kier molecular flexibility index (Phi) is 6.00. The SMILES string of the molecule is CNCCOc1ccc(C=C(C)c2ccc3c(c2)C(C)(C)CCC3(C)C)cc1. The van der Waals surface area contributed by atoms with Crippen LogP contribution in [-0.4, -0.2) is 20.2 Å². The van der Waals surface area contributed by atoms with Crippen LogP contribution in [0.4, 0.5) is 0 Å². The second-order valence-corrected chi connectivity index (χ2v) is 9.38. The summed E-state index contributed by atoms with van der Waals surface area (Å²) in [5.74, 6) is 0.919. The van der Waals surface area contributed by atoms with Gasteiger partial charge in [0.05, 0.1) is 0 Å². The van der Waals surface area contributed by atoms with Gasteiger partial charge < -0.3 is 10.1 Å². The molecule has 0 heterocycles. The molecule has 2 nitrogen and oxygen atoms in total. The Morgan fingerprint density at radius 2 is 1.61 bits per heavy atom. The van der Waals surface area contributed by atoms with Crippen LogP contribution in [0.2, 0.25) is 0 Å². The molecular formula is C26H35NO. The van der Waals surface area contributed by atoms with Gasteiger partial charge in [0.15, 0.2) is 0 Å². The van der Waals surface area contributed by atoms with Crippen LogP contribution < -0.4 is 10.1 Å². The molecule has 0 saturated heterocycles. The summed E-state index contributed by atoms with van der Waals surface area (Å²) in [6.45, 7) is 13.3. The van der Waals surface area contributed by atoms with Gasteiger partial charge in [0.25, 0.3) is 0 Å². The molecule has 0 fully saturated rings. The fourth-order valence-electron chi connectivity index (χ4n) is 4.10. The van der Waals surface area contributed by atoms with Gasteiger partial charge in [0.1, 0.15) is 12.4 Å². The van der Waals surface area contributed by atoms with Gasteiger partial charge in [-0.15, -0.1) is 0 Å².